The van der Waals surface area contributed by atoms with Crippen LogP contribution < -0.4 is 10.1 Å². The number of hydrogen-bond acceptors (Lipinski definition) is 2. The zero-order valence-corrected chi connectivity index (χ0v) is 12.2. The van der Waals surface area contributed by atoms with Gasteiger partial charge in [0.15, 0.2) is 0 Å². The second-order valence-corrected chi connectivity index (χ2v) is 5.60. The minimum Gasteiger partial charge on any atom is -0.493 e. The van der Waals surface area contributed by atoms with E-state index < -0.39 is 12.6 Å². The van der Waals surface area contributed by atoms with Crippen molar-refractivity contribution >= 4 is 0 Å². The van der Waals surface area contributed by atoms with Crippen molar-refractivity contribution in [3.8, 4) is 5.75 Å². The van der Waals surface area contributed by atoms with Gasteiger partial charge in [0, 0.05) is 18.4 Å². The SMILES string of the molecule is CCCNC(CCC(F)(F)F)C1COc2ccccc2C1. The Bertz CT molecular complexity index is 447. The van der Waals surface area contributed by atoms with Gasteiger partial charge >= 0.3 is 6.18 Å². The molecule has 2 atom stereocenters. The van der Waals surface area contributed by atoms with Crippen LogP contribution in [0.25, 0.3) is 0 Å². The second-order valence-electron chi connectivity index (χ2n) is 5.60. The molecule has 1 heterocycles. The molecule has 1 aromatic rings. The Morgan fingerprint density at radius 3 is 2.81 bits per heavy atom. The van der Waals surface area contributed by atoms with Gasteiger partial charge in [-0.05, 0) is 37.4 Å². The molecule has 0 saturated carbocycles. The first-order chi connectivity index (χ1) is 9.99. The first kappa shape index (κ1) is 16.1. The summed E-state index contributed by atoms with van der Waals surface area (Å²) in [6, 6.07) is 7.60. The van der Waals surface area contributed by atoms with Crippen LogP contribution in [0.4, 0.5) is 13.2 Å². The Balaban J connectivity index is 2.00. The minimum absolute atomic E-state index is 0.0915. The lowest BCUT2D eigenvalue weighted by Gasteiger charge is -2.32. The first-order valence-electron chi connectivity index (χ1n) is 7.50. The van der Waals surface area contributed by atoms with E-state index >= 15 is 0 Å². The minimum atomic E-state index is -4.10. The summed E-state index contributed by atoms with van der Waals surface area (Å²) in [6.07, 6.45) is -3.05. The molecule has 5 heteroatoms. The number of ether oxygens (including phenoxy) is 1. The molecule has 0 aliphatic carbocycles. The first-order valence-corrected chi connectivity index (χ1v) is 7.50. The van der Waals surface area contributed by atoms with Crippen LogP contribution in [0.2, 0.25) is 0 Å². The van der Waals surface area contributed by atoms with E-state index in [1.54, 1.807) is 0 Å². The summed E-state index contributed by atoms with van der Waals surface area (Å²) in [5.41, 5.74) is 1.09. The summed E-state index contributed by atoms with van der Waals surface area (Å²) in [5.74, 6) is 0.951. The monoisotopic (exact) mass is 301 g/mol. The predicted molar refractivity (Wildman–Crippen MR) is 76.5 cm³/mol. The molecule has 118 valence electrons. The molecule has 0 radical (unpaired) electrons. The number of nitrogens with one attached hydrogen (secondary N) is 1. The smallest absolute Gasteiger partial charge is 0.389 e. The zero-order chi connectivity index (χ0) is 15.3. The standard InChI is InChI=1S/C16H22F3NO/c1-2-9-20-14(7-8-16(17,18)19)13-10-12-5-3-4-6-15(12)21-11-13/h3-6,13-14,20H,2,7-11H2,1H3. The Morgan fingerprint density at radius 2 is 2.10 bits per heavy atom. The van der Waals surface area contributed by atoms with Crippen LogP contribution in [0.15, 0.2) is 24.3 Å². The molecular formula is C16H22F3NO. The number of alkyl halides is 3. The molecule has 2 unspecified atom stereocenters. The van der Waals surface area contributed by atoms with Crippen molar-refractivity contribution in [3.05, 3.63) is 29.8 Å². The molecule has 0 spiro atoms. The predicted octanol–water partition coefficient (Wildman–Crippen LogP) is 3.95. The van der Waals surface area contributed by atoms with Crippen molar-refractivity contribution in [2.45, 2.75) is 44.8 Å². The van der Waals surface area contributed by atoms with Gasteiger partial charge in [-0.15, -0.1) is 0 Å². The highest BCUT2D eigenvalue weighted by atomic mass is 19.4. The van der Waals surface area contributed by atoms with Gasteiger partial charge in [0.05, 0.1) is 6.61 Å². The normalized spacial score (nSPS) is 19.7. The van der Waals surface area contributed by atoms with E-state index in [4.69, 9.17) is 4.74 Å². The van der Waals surface area contributed by atoms with E-state index in [0.29, 0.717) is 6.61 Å². The zero-order valence-electron chi connectivity index (χ0n) is 12.2. The maximum Gasteiger partial charge on any atom is 0.389 e. The van der Waals surface area contributed by atoms with Gasteiger partial charge in [0.25, 0.3) is 0 Å². The van der Waals surface area contributed by atoms with Crippen LogP contribution >= 0.6 is 0 Å². The van der Waals surface area contributed by atoms with Crippen LogP contribution in [0.1, 0.15) is 31.7 Å². The van der Waals surface area contributed by atoms with Gasteiger partial charge in [-0.2, -0.15) is 13.2 Å². The summed E-state index contributed by atoms with van der Waals surface area (Å²) in [6.45, 7) is 3.23. The van der Waals surface area contributed by atoms with Gasteiger partial charge in [-0.3, -0.25) is 0 Å². The highest BCUT2D eigenvalue weighted by Crippen LogP contribution is 2.31. The molecule has 1 aromatic carbocycles. The van der Waals surface area contributed by atoms with E-state index in [9.17, 15) is 13.2 Å². The molecular weight excluding hydrogens is 279 g/mol. The van der Waals surface area contributed by atoms with Crippen LogP contribution in [0, 0.1) is 5.92 Å². The third-order valence-corrected chi connectivity index (χ3v) is 3.87. The number of hydrogen-bond donors (Lipinski definition) is 1. The van der Waals surface area contributed by atoms with Crippen molar-refractivity contribution in [2.75, 3.05) is 13.2 Å². The Kier molecular flexibility index (Phi) is 5.51. The summed E-state index contributed by atoms with van der Waals surface area (Å²) in [5, 5.41) is 3.26. The van der Waals surface area contributed by atoms with Gasteiger partial charge in [-0.1, -0.05) is 25.1 Å². The maximum absolute atomic E-state index is 12.5. The van der Waals surface area contributed by atoms with E-state index in [1.807, 2.05) is 31.2 Å². The molecule has 1 N–H and O–H groups in total. The van der Waals surface area contributed by atoms with Crippen molar-refractivity contribution in [1.29, 1.82) is 0 Å². The summed E-state index contributed by atoms with van der Waals surface area (Å²) >= 11 is 0. The number of para-hydroxylation sites is 1. The molecule has 0 bridgehead atoms. The lowest BCUT2D eigenvalue weighted by molar-refractivity contribution is -0.137. The van der Waals surface area contributed by atoms with Crippen molar-refractivity contribution in [3.63, 3.8) is 0 Å². The number of rotatable bonds is 6. The molecule has 2 rings (SSSR count). The summed E-state index contributed by atoms with van der Waals surface area (Å²) in [7, 11) is 0. The highest BCUT2D eigenvalue weighted by Gasteiger charge is 2.32. The average molecular weight is 301 g/mol. The maximum atomic E-state index is 12.5. The van der Waals surface area contributed by atoms with E-state index in [0.717, 1.165) is 30.7 Å². The van der Waals surface area contributed by atoms with Crippen molar-refractivity contribution in [2.24, 2.45) is 5.92 Å². The Hall–Kier alpha value is -1.23. The molecule has 0 saturated heterocycles. The van der Waals surface area contributed by atoms with Gasteiger partial charge in [-0.25, -0.2) is 0 Å². The van der Waals surface area contributed by atoms with Crippen LogP contribution in [0.3, 0.4) is 0 Å². The van der Waals surface area contributed by atoms with E-state index in [-0.39, 0.29) is 18.4 Å². The number of halogens is 3. The molecule has 0 aromatic heterocycles. The van der Waals surface area contributed by atoms with Crippen LogP contribution in [-0.4, -0.2) is 25.4 Å². The second kappa shape index (κ2) is 7.16. The van der Waals surface area contributed by atoms with Gasteiger partial charge < -0.3 is 10.1 Å². The van der Waals surface area contributed by atoms with Gasteiger partial charge in [0.2, 0.25) is 0 Å². The van der Waals surface area contributed by atoms with Crippen LogP contribution in [0.5, 0.6) is 5.75 Å². The highest BCUT2D eigenvalue weighted by molar-refractivity contribution is 5.35. The molecule has 0 amide bonds. The Morgan fingerprint density at radius 1 is 1.33 bits per heavy atom. The fraction of sp³-hybridized carbons (Fsp3) is 0.625. The van der Waals surface area contributed by atoms with Crippen molar-refractivity contribution in [1.82, 2.24) is 5.32 Å². The molecule has 2 nitrogen and oxygen atoms in total. The third-order valence-electron chi connectivity index (χ3n) is 3.87. The largest absolute Gasteiger partial charge is 0.493 e. The van der Waals surface area contributed by atoms with Crippen molar-refractivity contribution < 1.29 is 17.9 Å². The Labute approximate surface area is 123 Å². The van der Waals surface area contributed by atoms with E-state index in [1.165, 1.54) is 0 Å². The summed E-state index contributed by atoms with van der Waals surface area (Å²) in [4.78, 5) is 0. The quantitative estimate of drug-likeness (QED) is 0.859. The molecule has 0 fully saturated rings. The number of benzene rings is 1. The topological polar surface area (TPSA) is 21.3 Å². The number of fused-ring (bicyclic) bond motifs is 1. The van der Waals surface area contributed by atoms with E-state index in [2.05, 4.69) is 5.32 Å². The fourth-order valence-corrected chi connectivity index (χ4v) is 2.76. The molecule has 21 heavy (non-hydrogen) atoms. The average Bonchev–Trinajstić information content (AvgIpc) is 2.46. The van der Waals surface area contributed by atoms with Crippen LogP contribution in [-0.2, 0) is 6.42 Å². The fourth-order valence-electron chi connectivity index (χ4n) is 2.76. The summed E-state index contributed by atoms with van der Waals surface area (Å²) < 4.78 is 43.2. The molecule has 1 aliphatic heterocycles. The van der Waals surface area contributed by atoms with Gasteiger partial charge in [0.1, 0.15) is 5.75 Å². The lowest BCUT2D eigenvalue weighted by atomic mass is 9.88. The molecule has 1 aliphatic rings. The lowest BCUT2D eigenvalue weighted by Crippen LogP contribution is -2.42. The third kappa shape index (κ3) is 4.92.